The van der Waals surface area contributed by atoms with Crippen molar-refractivity contribution in [1.82, 2.24) is 34.8 Å². The molecule has 260 valence electrons. The van der Waals surface area contributed by atoms with E-state index >= 15 is 4.39 Å². The molecule has 0 radical (unpaired) electrons. The van der Waals surface area contributed by atoms with Crippen molar-refractivity contribution in [2.75, 3.05) is 58.3 Å². The van der Waals surface area contributed by atoms with Crippen LogP contribution in [0.5, 0.6) is 5.75 Å². The topological polar surface area (TPSA) is 132 Å². The third-order valence-electron chi connectivity index (χ3n) is 9.23. The second-order valence-corrected chi connectivity index (χ2v) is 12.5. The van der Waals surface area contributed by atoms with Gasteiger partial charge in [0.15, 0.2) is 12.1 Å². The Morgan fingerprint density at radius 3 is 2.58 bits per heavy atom. The van der Waals surface area contributed by atoms with Crippen molar-refractivity contribution < 1.29 is 18.7 Å². The van der Waals surface area contributed by atoms with Gasteiger partial charge < -0.3 is 29.4 Å². The molecule has 1 amide bonds. The molecule has 3 aromatic heterocycles. The molecule has 5 heterocycles. The number of fused-ring (bicyclic) bond motifs is 1. The zero-order valence-electron chi connectivity index (χ0n) is 28.5. The number of ether oxygens (including phenoxy) is 1. The monoisotopic (exact) mass is 680 g/mol. The quantitative estimate of drug-likeness (QED) is 0.229. The minimum atomic E-state index is -0.449. The van der Waals surface area contributed by atoms with Crippen LogP contribution in [0.2, 0.25) is 0 Å². The number of H-pyrrole nitrogens is 2. The van der Waals surface area contributed by atoms with E-state index in [9.17, 15) is 14.4 Å². The predicted molar refractivity (Wildman–Crippen MR) is 191 cm³/mol. The van der Waals surface area contributed by atoms with Crippen LogP contribution in [-0.2, 0) is 11.3 Å². The first-order valence-electron chi connectivity index (χ1n) is 16.6. The number of carbonyl (C=O) groups is 2. The van der Waals surface area contributed by atoms with Crippen molar-refractivity contribution in [3.05, 3.63) is 100 Å². The molecule has 2 aliphatic heterocycles. The van der Waals surface area contributed by atoms with Crippen molar-refractivity contribution in [2.24, 2.45) is 0 Å². The Hall–Kier alpha value is -5.56. The number of piperazine rings is 1. The number of nitrogens with zero attached hydrogens (tertiary/aromatic N) is 6. The Labute approximate surface area is 289 Å². The van der Waals surface area contributed by atoms with E-state index in [1.165, 1.54) is 0 Å². The summed E-state index contributed by atoms with van der Waals surface area (Å²) in [5.41, 5.74) is 5.11. The van der Waals surface area contributed by atoms with E-state index in [2.05, 4.69) is 37.1 Å². The molecule has 2 N–H and O–H groups in total. The van der Waals surface area contributed by atoms with E-state index in [0.717, 1.165) is 54.1 Å². The van der Waals surface area contributed by atoms with Gasteiger partial charge >= 0.3 is 0 Å². The first-order valence-corrected chi connectivity index (χ1v) is 16.6. The molecule has 0 unspecified atom stereocenters. The number of methoxy groups -OCH3 is 1. The fraction of sp³-hybridized carbons (Fsp3) is 0.324. The minimum absolute atomic E-state index is 0.0272. The van der Waals surface area contributed by atoms with Crippen LogP contribution in [0, 0.1) is 12.7 Å². The second-order valence-electron chi connectivity index (χ2n) is 12.5. The average Bonchev–Trinajstić information content (AvgIpc) is 3.83. The van der Waals surface area contributed by atoms with Crippen molar-refractivity contribution in [1.29, 1.82) is 0 Å². The maximum Gasteiger partial charge on any atom is 0.271 e. The fourth-order valence-electron chi connectivity index (χ4n) is 6.53. The zero-order chi connectivity index (χ0) is 35.2. The first kappa shape index (κ1) is 34.3. The molecule has 7 rings (SSSR count). The SMILES string of the molecule is COc1ccccc1-c1cc(C2=CCCN(C(=O)CCn3ccnn3)C2)c(F)c2[nH]c(C=O)cc12.Cc1cc[nH]c(=O)c1N1CCN(C)CC1. The average molecular weight is 681 g/mol. The number of para-hydroxylation sites is 1. The Morgan fingerprint density at radius 2 is 1.86 bits per heavy atom. The van der Waals surface area contributed by atoms with Gasteiger partial charge in [-0.1, -0.05) is 29.5 Å². The highest BCUT2D eigenvalue weighted by atomic mass is 19.1. The Morgan fingerprint density at radius 1 is 1.06 bits per heavy atom. The van der Waals surface area contributed by atoms with Gasteiger partial charge in [-0.3, -0.25) is 19.1 Å². The summed E-state index contributed by atoms with van der Waals surface area (Å²) in [6.45, 7) is 7.20. The Balaban J connectivity index is 0.000000240. The van der Waals surface area contributed by atoms with Crippen LogP contribution in [-0.4, -0.2) is 100 Å². The van der Waals surface area contributed by atoms with Gasteiger partial charge in [-0.25, -0.2) is 4.39 Å². The summed E-state index contributed by atoms with van der Waals surface area (Å²) in [6, 6.07) is 12.9. The van der Waals surface area contributed by atoms with E-state index in [1.807, 2.05) is 43.3 Å². The predicted octanol–water partition coefficient (Wildman–Crippen LogP) is 4.53. The number of hydrogen-bond donors (Lipinski definition) is 2. The molecular weight excluding hydrogens is 639 g/mol. The van der Waals surface area contributed by atoms with Crippen LogP contribution in [0.4, 0.5) is 10.1 Å². The molecule has 0 aliphatic carbocycles. The Kier molecular flexibility index (Phi) is 10.5. The number of aryl methyl sites for hydroxylation is 2. The minimum Gasteiger partial charge on any atom is -0.496 e. The fourth-order valence-corrected chi connectivity index (χ4v) is 6.53. The molecule has 2 aromatic carbocycles. The number of aromatic nitrogens is 5. The van der Waals surface area contributed by atoms with Crippen LogP contribution in [0.1, 0.15) is 34.5 Å². The van der Waals surface area contributed by atoms with Crippen molar-refractivity contribution in [3.8, 4) is 16.9 Å². The van der Waals surface area contributed by atoms with Gasteiger partial charge in [0, 0.05) is 74.6 Å². The molecule has 1 fully saturated rings. The molecule has 0 saturated carbocycles. The van der Waals surface area contributed by atoms with Crippen LogP contribution in [0.3, 0.4) is 0 Å². The van der Waals surface area contributed by atoms with Crippen LogP contribution in [0.25, 0.3) is 27.6 Å². The van der Waals surface area contributed by atoms with Gasteiger partial charge in [0.05, 0.1) is 31.1 Å². The lowest BCUT2D eigenvalue weighted by atomic mass is 9.93. The lowest BCUT2D eigenvalue weighted by Gasteiger charge is -2.34. The summed E-state index contributed by atoms with van der Waals surface area (Å²) in [4.78, 5) is 47.9. The number of carbonyl (C=O) groups excluding carboxylic acids is 2. The molecule has 50 heavy (non-hydrogen) atoms. The maximum absolute atomic E-state index is 15.8. The number of likely N-dealkylation sites (N-methyl/N-ethyl adjacent to an activating group) is 1. The van der Waals surface area contributed by atoms with Gasteiger partial charge in [-0.15, -0.1) is 5.10 Å². The molecule has 12 nitrogen and oxygen atoms in total. The van der Waals surface area contributed by atoms with E-state index in [4.69, 9.17) is 4.74 Å². The number of benzene rings is 2. The summed E-state index contributed by atoms with van der Waals surface area (Å²) in [7, 11) is 3.69. The molecule has 5 aromatic rings. The smallest absolute Gasteiger partial charge is 0.271 e. The molecule has 0 bridgehead atoms. The molecule has 0 spiro atoms. The van der Waals surface area contributed by atoms with Crippen molar-refractivity contribution in [3.63, 3.8) is 0 Å². The van der Waals surface area contributed by atoms with Crippen LogP contribution < -0.4 is 15.2 Å². The molecule has 0 atom stereocenters. The molecule has 2 aliphatic rings. The number of pyridine rings is 1. The van der Waals surface area contributed by atoms with E-state index in [1.54, 1.807) is 47.4 Å². The highest BCUT2D eigenvalue weighted by molar-refractivity contribution is 6.02. The number of aromatic amines is 2. The summed E-state index contributed by atoms with van der Waals surface area (Å²) in [5, 5.41) is 8.24. The number of nitrogens with one attached hydrogen (secondary N) is 2. The van der Waals surface area contributed by atoms with Crippen molar-refractivity contribution >= 4 is 34.4 Å². The number of amides is 1. The lowest BCUT2D eigenvalue weighted by Crippen LogP contribution is -2.46. The Bertz CT molecular complexity index is 2060. The zero-order valence-corrected chi connectivity index (χ0v) is 28.5. The third-order valence-corrected chi connectivity index (χ3v) is 9.23. The third kappa shape index (κ3) is 7.37. The number of rotatable bonds is 8. The largest absolute Gasteiger partial charge is 0.496 e. The summed E-state index contributed by atoms with van der Waals surface area (Å²) in [5.74, 6) is 0.165. The molecule has 13 heteroatoms. The van der Waals surface area contributed by atoms with Gasteiger partial charge in [-0.05, 0) is 61.4 Å². The normalized spacial score (nSPS) is 15.0. The van der Waals surface area contributed by atoms with Crippen LogP contribution in [0.15, 0.2) is 71.9 Å². The van der Waals surface area contributed by atoms with Gasteiger partial charge in [0.2, 0.25) is 5.91 Å². The number of anilines is 1. The molecular formula is C37H41FN8O4. The van der Waals surface area contributed by atoms with E-state index < -0.39 is 5.82 Å². The number of hydrogen-bond acceptors (Lipinski definition) is 8. The highest BCUT2D eigenvalue weighted by Crippen LogP contribution is 2.39. The van der Waals surface area contributed by atoms with Gasteiger partial charge in [0.1, 0.15) is 11.4 Å². The summed E-state index contributed by atoms with van der Waals surface area (Å²) in [6.07, 6.45) is 8.53. The summed E-state index contributed by atoms with van der Waals surface area (Å²) < 4.78 is 23.0. The molecule has 1 saturated heterocycles. The summed E-state index contributed by atoms with van der Waals surface area (Å²) >= 11 is 0. The van der Waals surface area contributed by atoms with Gasteiger partial charge in [0.25, 0.3) is 5.56 Å². The first-order chi connectivity index (χ1) is 24.3. The maximum atomic E-state index is 15.8. The van der Waals surface area contributed by atoms with E-state index in [-0.39, 0.29) is 29.1 Å². The number of halogens is 1. The van der Waals surface area contributed by atoms with Crippen LogP contribution >= 0.6 is 0 Å². The number of aldehydes is 1. The highest BCUT2D eigenvalue weighted by Gasteiger charge is 2.25. The van der Waals surface area contributed by atoms with E-state index in [0.29, 0.717) is 49.0 Å². The standard InChI is InChI=1S/C26H24FN5O3.C11H17N3O/c1-35-23-7-3-2-6-19(23)21-14-20(25(27)26-22(21)13-18(16-33)29-26)17-5-4-10-31(15-17)24(34)8-11-32-12-9-28-30-32;1-9-3-4-12-11(15)10(9)14-7-5-13(2)6-8-14/h2-3,5-7,9,12-14,16,29H,4,8,10-11,15H2,1H3;3-4H,5-8H2,1-2H3,(H,12,15). The second kappa shape index (κ2) is 15.3. The lowest BCUT2D eigenvalue weighted by molar-refractivity contribution is -0.131. The van der Waals surface area contributed by atoms with Crippen molar-refractivity contribution in [2.45, 2.75) is 26.3 Å². The van der Waals surface area contributed by atoms with Gasteiger partial charge in [-0.2, -0.15) is 0 Å².